The Morgan fingerprint density at radius 2 is 1.94 bits per heavy atom. The molecular formula is C10H14N2O4. The second kappa shape index (κ2) is 5.41. The van der Waals surface area contributed by atoms with Crippen LogP contribution in [0, 0.1) is 0 Å². The summed E-state index contributed by atoms with van der Waals surface area (Å²) in [6.07, 6.45) is 2.29. The number of rotatable bonds is 5. The van der Waals surface area contributed by atoms with Crippen molar-refractivity contribution in [1.29, 1.82) is 0 Å². The molecule has 0 radical (unpaired) electrons. The van der Waals surface area contributed by atoms with Gasteiger partial charge in [0.25, 0.3) is 11.8 Å². The normalized spacial score (nSPS) is 15.1. The lowest BCUT2D eigenvalue weighted by molar-refractivity contribution is -0.141. The quantitative estimate of drug-likeness (QED) is 0.502. The minimum Gasteiger partial charge on any atom is -0.359 e. The molecule has 6 nitrogen and oxygen atoms in total. The Bertz CT molecular complexity index is 318. The summed E-state index contributed by atoms with van der Waals surface area (Å²) in [5.41, 5.74) is 0. The molecule has 1 aliphatic rings. The molecule has 0 aromatic carbocycles. The summed E-state index contributed by atoms with van der Waals surface area (Å²) in [4.78, 5) is 34.4. The molecule has 3 amide bonds. The van der Waals surface area contributed by atoms with E-state index in [4.69, 9.17) is 4.74 Å². The second-order valence-corrected chi connectivity index (χ2v) is 3.56. The summed E-state index contributed by atoms with van der Waals surface area (Å²) in [5.74, 6) is -1.36. The topological polar surface area (TPSA) is 75.7 Å². The summed E-state index contributed by atoms with van der Waals surface area (Å²) in [5, 5.41) is 2.45. The zero-order valence-electron chi connectivity index (χ0n) is 9.23. The van der Waals surface area contributed by atoms with Crippen LogP contribution in [0.15, 0.2) is 12.2 Å². The number of carbonyl (C=O) groups excluding carboxylic acids is 3. The predicted molar refractivity (Wildman–Crippen MR) is 55.1 cm³/mol. The van der Waals surface area contributed by atoms with Crippen LogP contribution in [-0.2, 0) is 19.1 Å². The van der Waals surface area contributed by atoms with Crippen LogP contribution in [0.5, 0.6) is 0 Å². The number of carbonyl (C=O) groups is 3. The summed E-state index contributed by atoms with van der Waals surface area (Å²) in [6.45, 7) is 3.47. The van der Waals surface area contributed by atoms with Crippen LogP contribution in [0.25, 0.3) is 0 Å². The highest BCUT2D eigenvalue weighted by Gasteiger charge is 2.25. The molecule has 0 saturated carbocycles. The van der Waals surface area contributed by atoms with Crippen LogP contribution in [0.1, 0.15) is 13.8 Å². The molecule has 1 rings (SSSR count). The molecule has 1 N–H and O–H groups in total. The molecular weight excluding hydrogens is 212 g/mol. The standard InChI is InChI=1S/C10H14N2O4/c1-7(2)16-6-11-8(13)5-12-9(14)3-4-10(12)15/h3-4,7H,5-6H2,1-2H3,(H,11,13). The molecule has 0 aromatic rings. The van der Waals surface area contributed by atoms with E-state index in [9.17, 15) is 14.4 Å². The van der Waals surface area contributed by atoms with Crippen molar-refractivity contribution >= 4 is 17.7 Å². The zero-order valence-corrected chi connectivity index (χ0v) is 9.23. The Balaban J connectivity index is 2.29. The average molecular weight is 226 g/mol. The van der Waals surface area contributed by atoms with Gasteiger partial charge in [0, 0.05) is 12.2 Å². The molecule has 0 saturated heterocycles. The number of amides is 3. The van der Waals surface area contributed by atoms with Crippen molar-refractivity contribution in [3.05, 3.63) is 12.2 Å². The number of hydrogen-bond donors (Lipinski definition) is 1. The third kappa shape index (κ3) is 3.47. The van der Waals surface area contributed by atoms with E-state index < -0.39 is 17.7 Å². The Morgan fingerprint density at radius 3 is 2.44 bits per heavy atom. The zero-order chi connectivity index (χ0) is 12.1. The van der Waals surface area contributed by atoms with Gasteiger partial charge >= 0.3 is 0 Å². The van der Waals surface area contributed by atoms with E-state index in [0.717, 1.165) is 17.1 Å². The van der Waals surface area contributed by atoms with Crippen molar-refractivity contribution in [1.82, 2.24) is 10.2 Å². The lowest BCUT2D eigenvalue weighted by atomic mass is 10.5. The van der Waals surface area contributed by atoms with Gasteiger partial charge in [0.1, 0.15) is 13.3 Å². The van der Waals surface area contributed by atoms with E-state index in [-0.39, 0.29) is 19.4 Å². The maximum Gasteiger partial charge on any atom is 0.254 e. The maximum atomic E-state index is 11.3. The van der Waals surface area contributed by atoms with Crippen molar-refractivity contribution in [3.63, 3.8) is 0 Å². The molecule has 1 heterocycles. The van der Waals surface area contributed by atoms with E-state index in [2.05, 4.69) is 5.32 Å². The summed E-state index contributed by atoms with van der Waals surface area (Å²) in [7, 11) is 0. The van der Waals surface area contributed by atoms with Crippen molar-refractivity contribution in [2.75, 3.05) is 13.3 Å². The van der Waals surface area contributed by atoms with Crippen LogP contribution >= 0.6 is 0 Å². The number of nitrogens with one attached hydrogen (secondary N) is 1. The third-order valence-corrected chi connectivity index (χ3v) is 1.89. The van der Waals surface area contributed by atoms with Crippen molar-refractivity contribution in [2.45, 2.75) is 20.0 Å². The maximum absolute atomic E-state index is 11.3. The first kappa shape index (κ1) is 12.4. The Morgan fingerprint density at radius 1 is 1.38 bits per heavy atom. The Kier molecular flexibility index (Phi) is 4.19. The van der Waals surface area contributed by atoms with Gasteiger partial charge in [-0.3, -0.25) is 19.3 Å². The van der Waals surface area contributed by atoms with Crippen LogP contribution < -0.4 is 5.32 Å². The molecule has 6 heteroatoms. The highest BCUT2D eigenvalue weighted by molar-refractivity contribution is 6.14. The number of ether oxygens (including phenoxy) is 1. The van der Waals surface area contributed by atoms with E-state index in [0.29, 0.717) is 0 Å². The molecule has 0 aromatic heterocycles. The third-order valence-electron chi connectivity index (χ3n) is 1.89. The van der Waals surface area contributed by atoms with Gasteiger partial charge in [-0.2, -0.15) is 0 Å². The minimum atomic E-state index is -0.468. The largest absolute Gasteiger partial charge is 0.359 e. The fourth-order valence-corrected chi connectivity index (χ4v) is 1.08. The van der Waals surface area contributed by atoms with E-state index in [1.807, 2.05) is 13.8 Å². The van der Waals surface area contributed by atoms with Gasteiger partial charge in [0.2, 0.25) is 5.91 Å². The molecule has 1 aliphatic heterocycles. The van der Waals surface area contributed by atoms with Gasteiger partial charge in [-0.25, -0.2) is 0 Å². The van der Waals surface area contributed by atoms with E-state index >= 15 is 0 Å². The van der Waals surface area contributed by atoms with Crippen LogP contribution in [-0.4, -0.2) is 42.0 Å². The summed E-state index contributed by atoms with van der Waals surface area (Å²) < 4.78 is 5.09. The molecule has 0 unspecified atom stereocenters. The van der Waals surface area contributed by atoms with Crippen molar-refractivity contribution < 1.29 is 19.1 Å². The highest BCUT2D eigenvalue weighted by atomic mass is 16.5. The number of imide groups is 1. The van der Waals surface area contributed by atoms with Crippen molar-refractivity contribution in [2.24, 2.45) is 0 Å². The van der Waals surface area contributed by atoms with E-state index in [1.54, 1.807) is 0 Å². The van der Waals surface area contributed by atoms with Gasteiger partial charge in [0.15, 0.2) is 0 Å². The number of nitrogens with zero attached hydrogens (tertiary/aromatic N) is 1. The molecule has 0 aliphatic carbocycles. The first-order chi connectivity index (χ1) is 7.50. The Hall–Kier alpha value is -1.69. The molecule has 0 spiro atoms. The fraction of sp³-hybridized carbons (Fsp3) is 0.500. The first-order valence-electron chi connectivity index (χ1n) is 4.92. The molecule has 88 valence electrons. The van der Waals surface area contributed by atoms with Crippen LogP contribution in [0.4, 0.5) is 0 Å². The fourth-order valence-electron chi connectivity index (χ4n) is 1.08. The monoisotopic (exact) mass is 226 g/mol. The van der Waals surface area contributed by atoms with Crippen LogP contribution in [0.2, 0.25) is 0 Å². The summed E-state index contributed by atoms with van der Waals surface area (Å²) >= 11 is 0. The average Bonchev–Trinajstić information content (AvgIpc) is 2.49. The predicted octanol–water partition coefficient (Wildman–Crippen LogP) is -0.590. The molecule has 0 bridgehead atoms. The first-order valence-corrected chi connectivity index (χ1v) is 4.92. The smallest absolute Gasteiger partial charge is 0.254 e. The number of hydrogen-bond acceptors (Lipinski definition) is 4. The summed E-state index contributed by atoms with van der Waals surface area (Å²) in [6, 6.07) is 0. The van der Waals surface area contributed by atoms with Crippen molar-refractivity contribution in [3.8, 4) is 0 Å². The van der Waals surface area contributed by atoms with E-state index in [1.165, 1.54) is 0 Å². The van der Waals surface area contributed by atoms with Gasteiger partial charge in [0.05, 0.1) is 6.10 Å². The highest BCUT2D eigenvalue weighted by Crippen LogP contribution is 2.02. The molecule has 0 fully saturated rings. The lowest BCUT2D eigenvalue weighted by Crippen LogP contribution is -2.41. The molecule has 0 atom stereocenters. The van der Waals surface area contributed by atoms with Crippen LogP contribution in [0.3, 0.4) is 0 Å². The van der Waals surface area contributed by atoms with Gasteiger partial charge in [-0.1, -0.05) is 0 Å². The van der Waals surface area contributed by atoms with Gasteiger partial charge < -0.3 is 10.1 Å². The molecule has 16 heavy (non-hydrogen) atoms. The minimum absolute atomic E-state index is 0.0111. The second-order valence-electron chi connectivity index (χ2n) is 3.56. The Labute approximate surface area is 93.2 Å². The SMILES string of the molecule is CC(C)OCNC(=O)CN1C(=O)C=CC1=O. The van der Waals surface area contributed by atoms with Gasteiger partial charge in [-0.05, 0) is 13.8 Å². The van der Waals surface area contributed by atoms with Gasteiger partial charge in [-0.15, -0.1) is 0 Å². The lowest BCUT2D eigenvalue weighted by Gasteiger charge is -2.14.